The summed E-state index contributed by atoms with van der Waals surface area (Å²) in [6, 6.07) is 3.39. The molecule has 0 radical (unpaired) electrons. The maximum Gasteiger partial charge on any atom is 0.351 e. The van der Waals surface area contributed by atoms with E-state index < -0.39 is 30.2 Å². The van der Waals surface area contributed by atoms with Crippen LogP contribution < -0.4 is 11.0 Å². The van der Waals surface area contributed by atoms with Gasteiger partial charge in [0.25, 0.3) is 0 Å². The molecule has 0 aliphatic carbocycles. The van der Waals surface area contributed by atoms with Crippen molar-refractivity contribution in [2.75, 3.05) is 25.5 Å². The standard InChI is InChI=1S/C17H24N4O7/c1-3-12-14(23)15(27-10-26-9-25-8-4-6-18)16(28-12)21-7-5-13(19-11(2)22)20-17(21)24/h5,7,12,14-16,23H,3-4,8-10H2,1-2H3,(H,19,20,22,24)/t12-,14?,15+,16-/m1/s1. The molecule has 1 aliphatic heterocycles. The van der Waals surface area contributed by atoms with Crippen LogP contribution in [-0.2, 0) is 23.7 Å². The topological polar surface area (TPSA) is 145 Å². The van der Waals surface area contributed by atoms with E-state index in [1.807, 2.05) is 13.0 Å². The zero-order valence-corrected chi connectivity index (χ0v) is 15.7. The second kappa shape index (κ2) is 10.8. The smallest absolute Gasteiger partial charge is 0.351 e. The summed E-state index contributed by atoms with van der Waals surface area (Å²) in [4.78, 5) is 27.2. The van der Waals surface area contributed by atoms with Gasteiger partial charge in [0.1, 0.15) is 31.6 Å². The van der Waals surface area contributed by atoms with Crippen molar-refractivity contribution in [1.29, 1.82) is 5.26 Å². The van der Waals surface area contributed by atoms with Crippen LogP contribution in [-0.4, -0.2) is 59.1 Å². The Morgan fingerprint density at radius 3 is 2.89 bits per heavy atom. The Balaban J connectivity index is 2.03. The quantitative estimate of drug-likeness (QED) is 0.416. The van der Waals surface area contributed by atoms with Gasteiger partial charge < -0.3 is 29.4 Å². The summed E-state index contributed by atoms with van der Waals surface area (Å²) in [7, 11) is 0. The number of nitrogens with one attached hydrogen (secondary N) is 1. The number of rotatable bonds is 10. The average molecular weight is 396 g/mol. The highest BCUT2D eigenvalue weighted by Crippen LogP contribution is 2.32. The molecule has 2 rings (SSSR count). The minimum Gasteiger partial charge on any atom is -0.388 e. The Hall–Kier alpha value is -2.36. The summed E-state index contributed by atoms with van der Waals surface area (Å²) in [5.41, 5.74) is -0.658. The third kappa shape index (κ3) is 5.82. The van der Waals surface area contributed by atoms with Crippen LogP contribution in [0.5, 0.6) is 0 Å². The van der Waals surface area contributed by atoms with E-state index in [0.717, 1.165) is 0 Å². The number of aromatic nitrogens is 2. The molecule has 1 unspecified atom stereocenters. The first-order chi connectivity index (χ1) is 13.5. The number of carbonyl (C=O) groups is 1. The van der Waals surface area contributed by atoms with Gasteiger partial charge in [-0.3, -0.25) is 9.36 Å². The minimum absolute atomic E-state index is 0.0693. The molecule has 1 aliphatic rings. The normalized spacial score (nSPS) is 24.1. The van der Waals surface area contributed by atoms with Crippen LogP contribution in [0.4, 0.5) is 5.82 Å². The summed E-state index contributed by atoms with van der Waals surface area (Å²) in [6.07, 6.45) is -1.09. The summed E-state index contributed by atoms with van der Waals surface area (Å²) < 4.78 is 22.8. The van der Waals surface area contributed by atoms with E-state index in [4.69, 9.17) is 24.2 Å². The Labute approximate surface area is 161 Å². The molecule has 154 valence electrons. The van der Waals surface area contributed by atoms with Crippen molar-refractivity contribution in [3.8, 4) is 6.07 Å². The molecule has 2 heterocycles. The molecule has 11 nitrogen and oxygen atoms in total. The second-order valence-corrected chi connectivity index (χ2v) is 6.04. The number of hydrogen-bond donors (Lipinski definition) is 2. The van der Waals surface area contributed by atoms with Crippen molar-refractivity contribution < 1.29 is 28.8 Å². The Morgan fingerprint density at radius 2 is 2.25 bits per heavy atom. The van der Waals surface area contributed by atoms with Crippen molar-refractivity contribution >= 4 is 11.7 Å². The highest BCUT2D eigenvalue weighted by atomic mass is 16.7. The Morgan fingerprint density at radius 1 is 1.46 bits per heavy atom. The van der Waals surface area contributed by atoms with Gasteiger partial charge in [0.2, 0.25) is 5.91 Å². The van der Waals surface area contributed by atoms with Crippen molar-refractivity contribution in [2.24, 2.45) is 0 Å². The summed E-state index contributed by atoms with van der Waals surface area (Å²) in [5, 5.41) is 21.3. The lowest BCUT2D eigenvalue weighted by molar-refractivity contribution is -0.175. The number of nitrogens with zero attached hydrogens (tertiary/aromatic N) is 3. The van der Waals surface area contributed by atoms with Crippen molar-refractivity contribution in [1.82, 2.24) is 9.55 Å². The highest BCUT2D eigenvalue weighted by Gasteiger charge is 2.45. The number of amides is 1. The van der Waals surface area contributed by atoms with Gasteiger partial charge in [-0.1, -0.05) is 6.92 Å². The van der Waals surface area contributed by atoms with Gasteiger partial charge in [-0.15, -0.1) is 0 Å². The number of hydrogen-bond acceptors (Lipinski definition) is 9. The van der Waals surface area contributed by atoms with E-state index in [0.29, 0.717) is 6.42 Å². The van der Waals surface area contributed by atoms with Crippen LogP contribution in [0.1, 0.15) is 32.9 Å². The van der Waals surface area contributed by atoms with Crippen LogP contribution in [0.3, 0.4) is 0 Å². The van der Waals surface area contributed by atoms with Crippen molar-refractivity contribution in [3.05, 3.63) is 22.7 Å². The van der Waals surface area contributed by atoms with Gasteiger partial charge in [-0.05, 0) is 12.5 Å². The van der Waals surface area contributed by atoms with Gasteiger partial charge in [-0.2, -0.15) is 10.2 Å². The number of aliphatic hydroxyl groups is 1. The maximum atomic E-state index is 12.3. The van der Waals surface area contributed by atoms with Crippen molar-refractivity contribution in [2.45, 2.75) is 51.2 Å². The van der Waals surface area contributed by atoms with Crippen LogP contribution in [0, 0.1) is 11.3 Å². The molecule has 4 atom stereocenters. The zero-order valence-electron chi connectivity index (χ0n) is 15.7. The molecule has 11 heteroatoms. The van der Waals surface area contributed by atoms with Crippen LogP contribution >= 0.6 is 0 Å². The lowest BCUT2D eigenvalue weighted by Crippen LogP contribution is -2.38. The van der Waals surface area contributed by atoms with Gasteiger partial charge >= 0.3 is 5.69 Å². The van der Waals surface area contributed by atoms with Gasteiger partial charge in [0.15, 0.2) is 6.23 Å². The SMILES string of the molecule is CC[C@H]1O[C@@H](n2ccc(NC(C)=O)nc2=O)[C@@H](OCOCOCCC#N)C1O. The predicted molar refractivity (Wildman–Crippen MR) is 94.9 cm³/mol. The lowest BCUT2D eigenvalue weighted by atomic mass is 10.1. The third-order valence-electron chi connectivity index (χ3n) is 3.99. The molecule has 0 saturated carbocycles. The van der Waals surface area contributed by atoms with Gasteiger partial charge in [0, 0.05) is 13.1 Å². The van der Waals surface area contributed by atoms with E-state index >= 15 is 0 Å². The average Bonchev–Trinajstić information content (AvgIpc) is 2.96. The molecule has 1 aromatic heterocycles. The molecule has 0 bridgehead atoms. The highest BCUT2D eigenvalue weighted by molar-refractivity contribution is 5.87. The zero-order chi connectivity index (χ0) is 20.5. The molecule has 1 saturated heterocycles. The fourth-order valence-corrected chi connectivity index (χ4v) is 2.71. The third-order valence-corrected chi connectivity index (χ3v) is 3.99. The molecule has 1 fully saturated rings. The molecule has 2 N–H and O–H groups in total. The molecular formula is C17H24N4O7. The van der Waals surface area contributed by atoms with E-state index in [1.165, 1.54) is 23.8 Å². The first-order valence-electron chi connectivity index (χ1n) is 8.82. The summed E-state index contributed by atoms with van der Waals surface area (Å²) >= 11 is 0. The monoisotopic (exact) mass is 396 g/mol. The fraction of sp³-hybridized carbons (Fsp3) is 0.647. The maximum absolute atomic E-state index is 12.3. The minimum atomic E-state index is -0.972. The van der Waals surface area contributed by atoms with Crippen LogP contribution in [0.15, 0.2) is 17.1 Å². The van der Waals surface area contributed by atoms with Gasteiger partial charge in [0.05, 0.1) is 25.2 Å². The number of aliphatic hydroxyl groups excluding tert-OH is 1. The molecular weight excluding hydrogens is 372 g/mol. The Kier molecular flexibility index (Phi) is 8.49. The molecule has 0 spiro atoms. The second-order valence-electron chi connectivity index (χ2n) is 6.04. The van der Waals surface area contributed by atoms with E-state index in [1.54, 1.807) is 0 Å². The van der Waals surface area contributed by atoms with E-state index in [9.17, 15) is 14.7 Å². The largest absolute Gasteiger partial charge is 0.388 e. The Bertz CT molecular complexity index is 748. The molecule has 1 amide bonds. The van der Waals surface area contributed by atoms with Gasteiger partial charge in [-0.25, -0.2) is 4.79 Å². The summed E-state index contributed by atoms with van der Waals surface area (Å²) in [5.74, 6) is -0.228. The van der Waals surface area contributed by atoms with Crippen LogP contribution in [0.25, 0.3) is 0 Å². The molecule has 1 aromatic rings. The van der Waals surface area contributed by atoms with E-state index in [2.05, 4.69) is 10.3 Å². The summed E-state index contributed by atoms with van der Waals surface area (Å²) in [6.45, 7) is 3.13. The predicted octanol–water partition coefficient (Wildman–Crippen LogP) is 0.117. The first-order valence-corrected chi connectivity index (χ1v) is 8.82. The van der Waals surface area contributed by atoms with Crippen molar-refractivity contribution in [3.63, 3.8) is 0 Å². The molecule has 0 aromatic carbocycles. The molecule has 28 heavy (non-hydrogen) atoms. The lowest BCUT2D eigenvalue weighted by Gasteiger charge is -2.22. The number of ether oxygens (including phenoxy) is 4. The number of anilines is 1. The van der Waals surface area contributed by atoms with E-state index in [-0.39, 0.29) is 38.3 Å². The first kappa shape index (κ1) is 21.9. The van der Waals surface area contributed by atoms with Crippen LogP contribution in [0.2, 0.25) is 0 Å². The number of nitriles is 1. The fourth-order valence-electron chi connectivity index (χ4n) is 2.71. The number of carbonyl (C=O) groups excluding carboxylic acids is 1.